The van der Waals surface area contributed by atoms with E-state index in [2.05, 4.69) is 51.9 Å². The van der Waals surface area contributed by atoms with Crippen LogP contribution in [0.5, 0.6) is 5.75 Å². The zero-order valence-corrected chi connectivity index (χ0v) is 23.7. The number of amides is 1. The first kappa shape index (κ1) is 26.4. The molecule has 39 heavy (non-hydrogen) atoms. The van der Waals surface area contributed by atoms with Gasteiger partial charge >= 0.3 is 0 Å². The summed E-state index contributed by atoms with van der Waals surface area (Å²) in [7, 11) is 0. The highest BCUT2D eigenvalue weighted by molar-refractivity contribution is 6.00. The highest BCUT2D eigenvalue weighted by atomic mass is 16.5. The Morgan fingerprint density at radius 2 is 1.77 bits per heavy atom. The van der Waals surface area contributed by atoms with Crippen molar-refractivity contribution in [3.8, 4) is 5.75 Å². The molecule has 3 fully saturated rings. The quantitative estimate of drug-likeness (QED) is 0.520. The second-order valence-corrected chi connectivity index (χ2v) is 12.4. The fraction of sp³-hybridized carbons (Fsp3) is 0.667. The molecule has 4 heterocycles. The molecule has 4 aliphatic rings. The van der Waals surface area contributed by atoms with E-state index in [9.17, 15) is 4.79 Å². The molecule has 1 saturated heterocycles. The second kappa shape index (κ2) is 11.0. The van der Waals surface area contributed by atoms with Crippen molar-refractivity contribution < 1.29 is 9.53 Å². The van der Waals surface area contributed by atoms with E-state index in [0.29, 0.717) is 23.3 Å². The monoisotopic (exact) mass is 533 g/mol. The number of carbonyl (C=O) groups excluding carboxylic acids is 1. The van der Waals surface area contributed by atoms with Gasteiger partial charge in [-0.1, -0.05) is 32.3 Å². The van der Waals surface area contributed by atoms with Gasteiger partial charge in [0.15, 0.2) is 17.7 Å². The van der Waals surface area contributed by atoms with Crippen LogP contribution in [0.15, 0.2) is 24.5 Å². The van der Waals surface area contributed by atoms with E-state index in [1.165, 1.54) is 37.9 Å². The Morgan fingerprint density at radius 1 is 1.00 bits per heavy atom. The van der Waals surface area contributed by atoms with Gasteiger partial charge in [0.25, 0.3) is 5.91 Å². The Bertz CT molecular complexity index is 1150. The van der Waals surface area contributed by atoms with Crippen LogP contribution in [0.4, 0.5) is 17.6 Å². The van der Waals surface area contributed by atoms with Gasteiger partial charge in [-0.25, -0.2) is 9.97 Å². The number of hydrogen-bond donors (Lipinski definition) is 1. The molecule has 9 nitrogen and oxygen atoms in total. The van der Waals surface area contributed by atoms with Crippen LogP contribution in [-0.2, 0) is 11.3 Å². The number of carbonyl (C=O) groups is 1. The molecule has 2 aliphatic carbocycles. The van der Waals surface area contributed by atoms with E-state index >= 15 is 0 Å². The van der Waals surface area contributed by atoms with Crippen LogP contribution < -0.4 is 15.0 Å². The predicted molar refractivity (Wildman–Crippen MR) is 152 cm³/mol. The summed E-state index contributed by atoms with van der Waals surface area (Å²) >= 11 is 0. The third kappa shape index (κ3) is 5.75. The first-order chi connectivity index (χ1) is 18.9. The van der Waals surface area contributed by atoms with Crippen LogP contribution in [0.2, 0.25) is 0 Å². The maximum Gasteiger partial charge on any atom is 0.270 e. The van der Waals surface area contributed by atoms with Gasteiger partial charge in [0.05, 0.1) is 6.20 Å². The van der Waals surface area contributed by atoms with Gasteiger partial charge in [0.2, 0.25) is 5.95 Å². The van der Waals surface area contributed by atoms with E-state index in [4.69, 9.17) is 9.72 Å². The van der Waals surface area contributed by atoms with Crippen molar-refractivity contribution >= 4 is 23.5 Å². The maximum absolute atomic E-state index is 13.8. The lowest BCUT2D eigenvalue weighted by Crippen LogP contribution is -2.57. The zero-order valence-electron chi connectivity index (χ0n) is 23.7. The smallest absolute Gasteiger partial charge is 0.270 e. The minimum absolute atomic E-state index is 0.0198. The Hall–Kier alpha value is -2.78. The molecule has 210 valence electrons. The molecule has 9 heteroatoms. The van der Waals surface area contributed by atoms with E-state index < -0.39 is 11.6 Å². The van der Waals surface area contributed by atoms with Crippen molar-refractivity contribution in [1.82, 2.24) is 24.8 Å². The predicted octanol–water partition coefficient (Wildman–Crippen LogP) is 4.76. The highest BCUT2D eigenvalue weighted by Gasteiger charge is 2.45. The molecule has 0 aromatic carbocycles. The van der Waals surface area contributed by atoms with Gasteiger partial charge in [-0.3, -0.25) is 19.5 Å². The molecule has 0 bridgehead atoms. The minimum atomic E-state index is -0.461. The van der Waals surface area contributed by atoms with Crippen molar-refractivity contribution in [2.75, 3.05) is 36.4 Å². The summed E-state index contributed by atoms with van der Waals surface area (Å²) in [5.74, 6) is 2.49. The average Bonchev–Trinajstić information content (AvgIpc) is 3.80. The Labute approximate surface area is 232 Å². The Kier molecular flexibility index (Phi) is 7.46. The molecule has 6 rings (SSSR count). The topological polar surface area (TPSA) is 86.7 Å². The molecule has 2 aliphatic heterocycles. The van der Waals surface area contributed by atoms with Crippen molar-refractivity contribution in [2.24, 2.45) is 5.92 Å². The number of anilines is 3. The number of piperazine rings is 1. The summed E-state index contributed by atoms with van der Waals surface area (Å²) in [5.41, 5.74) is 0.813. The standard InChI is InChI=1S/C30H43N7O2/c1-4-30(2,3)37-27-24(39-26(28(37)38)22-8-6-5-7-9-22)19-32-29(34-27)33-25-13-10-21(18-31-25)20-35-14-16-36(17-15-35)23-11-12-23/h10,13,18-19,22-23,26H,4-9,11-12,14-17,20H2,1-3H3,(H,31,32,33,34). The van der Waals surface area contributed by atoms with Crippen molar-refractivity contribution in [1.29, 1.82) is 0 Å². The first-order valence-corrected chi connectivity index (χ1v) is 15.0. The van der Waals surface area contributed by atoms with E-state index in [1.54, 1.807) is 6.20 Å². The second-order valence-electron chi connectivity index (χ2n) is 12.4. The molecule has 1 amide bonds. The Balaban J connectivity index is 1.15. The number of ether oxygens (including phenoxy) is 1. The maximum atomic E-state index is 13.8. The fourth-order valence-corrected chi connectivity index (χ4v) is 6.25. The van der Waals surface area contributed by atoms with Crippen molar-refractivity contribution in [3.05, 3.63) is 30.1 Å². The fourth-order valence-electron chi connectivity index (χ4n) is 6.25. The molecule has 1 N–H and O–H groups in total. The molecule has 0 spiro atoms. The normalized spacial score (nSPS) is 23.4. The third-order valence-electron chi connectivity index (χ3n) is 9.16. The summed E-state index contributed by atoms with van der Waals surface area (Å²) in [4.78, 5) is 34.8. The summed E-state index contributed by atoms with van der Waals surface area (Å²) in [5, 5.41) is 3.24. The summed E-state index contributed by atoms with van der Waals surface area (Å²) in [6.45, 7) is 11.8. The van der Waals surface area contributed by atoms with Gasteiger partial charge in [0, 0.05) is 56.4 Å². The van der Waals surface area contributed by atoms with Crippen LogP contribution >= 0.6 is 0 Å². The average molecular weight is 534 g/mol. The molecule has 2 saturated carbocycles. The van der Waals surface area contributed by atoms with Crippen molar-refractivity contribution in [2.45, 2.75) is 96.4 Å². The first-order valence-electron chi connectivity index (χ1n) is 15.0. The lowest BCUT2D eigenvalue weighted by molar-refractivity contribution is -0.130. The van der Waals surface area contributed by atoms with Gasteiger partial charge in [0.1, 0.15) is 5.82 Å². The SMILES string of the molecule is CCC(C)(C)N1C(=O)C(C2CCCCC2)Oc2cnc(Nc3ccc(CN4CCN(C5CC5)CC4)cn3)nc21. The summed E-state index contributed by atoms with van der Waals surface area (Å²) in [6.07, 6.45) is 12.4. The van der Waals surface area contributed by atoms with Crippen LogP contribution in [-0.4, -0.2) is 74.5 Å². The van der Waals surface area contributed by atoms with Gasteiger partial charge < -0.3 is 10.1 Å². The van der Waals surface area contributed by atoms with Crippen LogP contribution in [0, 0.1) is 5.92 Å². The van der Waals surface area contributed by atoms with Crippen molar-refractivity contribution in [3.63, 3.8) is 0 Å². The molecule has 1 unspecified atom stereocenters. The van der Waals surface area contributed by atoms with Crippen LogP contribution in [0.25, 0.3) is 0 Å². The largest absolute Gasteiger partial charge is 0.475 e. The van der Waals surface area contributed by atoms with E-state index in [1.807, 2.05) is 17.2 Å². The van der Waals surface area contributed by atoms with Gasteiger partial charge in [-0.2, -0.15) is 4.98 Å². The zero-order chi connectivity index (χ0) is 27.0. The van der Waals surface area contributed by atoms with E-state index in [0.717, 1.165) is 57.8 Å². The number of rotatable bonds is 8. The highest BCUT2D eigenvalue weighted by Crippen LogP contribution is 2.41. The lowest BCUT2D eigenvalue weighted by Gasteiger charge is -2.44. The number of hydrogen-bond acceptors (Lipinski definition) is 8. The van der Waals surface area contributed by atoms with Gasteiger partial charge in [-0.15, -0.1) is 0 Å². The van der Waals surface area contributed by atoms with Crippen LogP contribution in [0.3, 0.4) is 0 Å². The lowest BCUT2D eigenvalue weighted by atomic mass is 9.83. The van der Waals surface area contributed by atoms with E-state index in [-0.39, 0.29) is 11.8 Å². The molecule has 0 radical (unpaired) electrons. The molecular formula is C30H43N7O2. The molecule has 2 aromatic rings. The molecular weight excluding hydrogens is 490 g/mol. The molecule has 2 aromatic heterocycles. The minimum Gasteiger partial charge on any atom is -0.475 e. The number of nitrogens with zero attached hydrogens (tertiary/aromatic N) is 6. The number of aromatic nitrogens is 3. The molecule has 1 atom stereocenters. The number of nitrogens with one attached hydrogen (secondary N) is 1. The third-order valence-corrected chi connectivity index (χ3v) is 9.16. The summed E-state index contributed by atoms with van der Waals surface area (Å²) < 4.78 is 6.30. The summed E-state index contributed by atoms with van der Waals surface area (Å²) in [6, 6.07) is 4.95. The van der Waals surface area contributed by atoms with Gasteiger partial charge in [-0.05, 0) is 57.6 Å². The Morgan fingerprint density at radius 3 is 2.44 bits per heavy atom. The number of fused-ring (bicyclic) bond motifs is 1. The van der Waals surface area contributed by atoms with Crippen LogP contribution in [0.1, 0.15) is 77.7 Å². The number of pyridine rings is 1.